The summed E-state index contributed by atoms with van der Waals surface area (Å²) in [5.41, 5.74) is 1.58. The molecule has 1 unspecified atom stereocenters. The Morgan fingerprint density at radius 1 is 1.14 bits per heavy atom. The van der Waals surface area contributed by atoms with Crippen molar-refractivity contribution >= 4 is 31.9 Å². The summed E-state index contributed by atoms with van der Waals surface area (Å²) in [6, 6.07) is 10.6. The Labute approximate surface area is 141 Å². The van der Waals surface area contributed by atoms with Crippen LogP contribution in [-0.2, 0) is 0 Å². The van der Waals surface area contributed by atoms with Gasteiger partial charge >= 0.3 is 0 Å². The molecule has 0 aromatic heterocycles. The maximum Gasteiger partial charge on any atom is 0.132 e. The highest BCUT2D eigenvalue weighted by atomic mass is 79.9. The van der Waals surface area contributed by atoms with Crippen molar-refractivity contribution in [1.29, 1.82) is 0 Å². The van der Waals surface area contributed by atoms with E-state index in [2.05, 4.69) is 37.2 Å². The predicted octanol–water partition coefficient (Wildman–Crippen LogP) is 5.06. The lowest BCUT2D eigenvalue weighted by atomic mass is 9.98. The van der Waals surface area contributed by atoms with Gasteiger partial charge in [0.25, 0.3) is 0 Å². The summed E-state index contributed by atoms with van der Waals surface area (Å²) < 4.78 is 21.3. The fourth-order valence-electron chi connectivity index (χ4n) is 2.20. The first-order valence-corrected chi connectivity index (χ1v) is 8.17. The van der Waals surface area contributed by atoms with Gasteiger partial charge in [-0.25, -0.2) is 4.39 Å². The van der Waals surface area contributed by atoms with E-state index in [0.717, 1.165) is 21.1 Å². The number of hydrogen-bond donors (Lipinski definition) is 1. The van der Waals surface area contributed by atoms with Crippen LogP contribution in [0.3, 0.4) is 0 Å². The minimum atomic E-state index is -0.285. The van der Waals surface area contributed by atoms with Crippen molar-refractivity contribution in [2.45, 2.75) is 13.0 Å². The van der Waals surface area contributed by atoms with E-state index in [-0.39, 0.29) is 11.9 Å². The van der Waals surface area contributed by atoms with Crippen molar-refractivity contribution in [3.05, 3.63) is 62.3 Å². The highest BCUT2D eigenvalue weighted by Crippen LogP contribution is 2.33. The molecule has 0 aliphatic heterocycles. The predicted molar refractivity (Wildman–Crippen MR) is 90.3 cm³/mol. The lowest BCUT2D eigenvalue weighted by Gasteiger charge is -2.21. The number of benzene rings is 2. The molecule has 0 saturated carbocycles. The third-order valence-electron chi connectivity index (χ3n) is 3.20. The van der Waals surface area contributed by atoms with Gasteiger partial charge in [-0.3, -0.25) is 0 Å². The Hall–Kier alpha value is -0.910. The molecule has 2 aromatic rings. The largest absolute Gasteiger partial charge is 0.497 e. The first-order chi connectivity index (χ1) is 10.1. The minimum Gasteiger partial charge on any atom is -0.497 e. The maximum atomic E-state index is 14.4. The van der Waals surface area contributed by atoms with Crippen molar-refractivity contribution in [2.75, 3.05) is 13.7 Å². The number of halogens is 3. The van der Waals surface area contributed by atoms with Crippen molar-refractivity contribution < 1.29 is 9.13 Å². The first-order valence-electron chi connectivity index (χ1n) is 6.58. The lowest BCUT2D eigenvalue weighted by Crippen LogP contribution is -2.23. The van der Waals surface area contributed by atoms with E-state index in [0.29, 0.717) is 11.3 Å². The van der Waals surface area contributed by atoms with E-state index in [4.69, 9.17) is 4.74 Å². The molecule has 21 heavy (non-hydrogen) atoms. The minimum absolute atomic E-state index is 0.229. The topological polar surface area (TPSA) is 21.3 Å². The van der Waals surface area contributed by atoms with Crippen LogP contribution in [0.5, 0.6) is 5.75 Å². The van der Waals surface area contributed by atoms with Gasteiger partial charge in [-0.1, -0.05) is 44.8 Å². The van der Waals surface area contributed by atoms with Gasteiger partial charge in [0.2, 0.25) is 0 Å². The van der Waals surface area contributed by atoms with Crippen LogP contribution in [0.4, 0.5) is 4.39 Å². The first kappa shape index (κ1) is 16.5. The van der Waals surface area contributed by atoms with E-state index >= 15 is 0 Å². The van der Waals surface area contributed by atoms with Crippen LogP contribution >= 0.6 is 31.9 Å². The Balaban J connectivity index is 2.50. The second-order valence-electron chi connectivity index (χ2n) is 4.54. The molecule has 0 radical (unpaired) electrons. The number of rotatable bonds is 5. The molecule has 0 saturated heterocycles. The fourth-order valence-corrected chi connectivity index (χ4v) is 3.05. The molecule has 0 amide bonds. The molecule has 0 fully saturated rings. The van der Waals surface area contributed by atoms with Crippen LogP contribution in [0.1, 0.15) is 24.1 Å². The Morgan fingerprint density at radius 3 is 2.52 bits per heavy atom. The van der Waals surface area contributed by atoms with E-state index in [1.165, 1.54) is 13.2 Å². The SMILES string of the molecule is CCNC(c1ccc(OC)cc1F)c1cc(Br)ccc1Br. The summed E-state index contributed by atoms with van der Waals surface area (Å²) >= 11 is 7.01. The molecule has 0 aliphatic rings. The van der Waals surface area contributed by atoms with Crippen LogP contribution in [0.25, 0.3) is 0 Å². The van der Waals surface area contributed by atoms with E-state index < -0.39 is 0 Å². The molecule has 2 aromatic carbocycles. The van der Waals surface area contributed by atoms with Crippen molar-refractivity contribution in [1.82, 2.24) is 5.32 Å². The molecule has 2 nitrogen and oxygen atoms in total. The van der Waals surface area contributed by atoms with Gasteiger partial charge in [0.05, 0.1) is 13.2 Å². The van der Waals surface area contributed by atoms with Gasteiger partial charge in [-0.05, 0) is 36.4 Å². The average molecular weight is 417 g/mol. The summed E-state index contributed by atoms with van der Waals surface area (Å²) in [5, 5.41) is 3.33. The van der Waals surface area contributed by atoms with Gasteiger partial charge in [0, 0.05) is 20.6 Å². The summed E-state index contributed by atoms with van der Waals surface area (Å²) in [7, 11) is 1.53. The molecule has 0 aliphatic carbocycles. The fraction of sp³-hybridized carbons (Fsp3) is 0.250. The third-order valence-corrected chi connectivity index (χ3v) is 4.41. The van der Waals surface area contributed by atoms with Crippen molar-refractivity contribution in [2.24, 2.45) is 0 Å². The number of hydrogen-bond acceptors (Lipinski definition) is 2. The number of ether oxygens (including phenoxy) is 1. The van der Waals surface area contributed by atoms with Crippen molar-refractivity contribution in [3.8, 4) is 5.75 Å². The quantitative estimate of drug-likeness (QED) is 0.735. The van der Waals surface area contributed by atoms with Crippen LogP contribution in [0.2, 0.25) is 0 Å². The van der Waals surface area contributed by atoms with Crippen LogP contribution in [-0.4, -0.2) is 13.7 Å². The summed E-state index contributed by atoms with van der Waals surface area (Å²) in [6.07, 6.45) is 0. The number of nitrogens with one attached hydrogen (secondary N) is 1. The van der Waals surface area contributed by atoms with Crippen LogP contribution < -0.4 is 10.1 Å². The summed E-state index contributed by atoms with van der Waals surface area (Å²) in [6.45, 7) is 2.73. The number of methoxy groups -OCH3 is 1. The highest BCUT2D eigenvalue weighted by molar-refractivity contribution is 9.11. The van der Waals surface area contributed by atoms with E-state index in [1.807, 2.05) is 25.1 Å². The molecule has 5 heteroatoms. The second-order valence-corrected chi connectivity index (χ2v) is 6.31. The Morgan fingerprint density at radius 2 is 1.90 bits per heavy atom. The van der Waals surface area contributed by atoms with Gasteiger partial charge in [0.1, 0.15) is 11.6 Å². The zero-order valence-electron chi connectivity index (χ0n) is 11.8. The van der Waals surface area contributed by atoms with Crippen molar-refractivity contribution in [3.63, 3.8) is 0 Å². The molecule has 2 rings (SSSR count). The van der Waals surface area contributed by atoms with E-state index in [9.17, 15) is 4.39 Å². The second kappa shape index (κ2) is 7.38. The Bertz CT molecular complexity index is 634. The molecule has 112 valence electrons. The summed E-state index contributed by atoms with van der Waals surface area (Å²) in [5.74, 6) is 0.229. The molecule has 1 atom stereocenters. The smallest absolute Gasteiger partial charge is 0.132 e. The van der Waals surface area contributed by atoms with E-state index in [1.54, 1.807) is 12.1 Å². The highest BCUT2D eigenvalue weighted by Gasteiger charge is 2.20. The zero-order valence-corrected chi connectivity index (χ0v) is 15.0. The molecule has 1 N–H and O–H groups in total. The normalized spacial score (nSPS) is 12.2. The molecular weight excluding hydrogens is 401 g/mol. The Kier molecular flexibility index (Phi) is 5.79. The average Bonchev–Trinajstić information content (AvgIpc) is 2.48. The van der Waals surface area contributed by atoms with Crippen LogP contribution in [0.15, 0.2) is 45.3 Å². The van der Waals surface area contributed by atoms with Gasteiger partial charge in [-0.2, -0.15) is 0 Å². The lowest BCUT2D eigenvalue weighted by molar-refractivity contribution is 0.410. The van der Waals surface area contributed by atoms with Gasteiger partial charge in [0.15, 0.2) is 0 Å². The zero-order chi connectivity index (χ0) is 15.4. The molecule has 0 bridgehead atoms. The van der Waals surface area contributed by atoms with Gasteiger partial charge in [-0.15, -0.1) is 0 Å². The monoisotopic (exact) mass is 415 g/mol. The van der Waals surface area contributed by atoms with Crippen LogP contribution in [0, 0.1) is 5.82 Å². The standard InChI is InChI=1S/C16H16Br2FNO/c1-3-20-16(13-8-10(17)4-7-14(13)18)12-6-5-11(21-2)9-15(12)19/h4-9,16,20H,3H2,1-2H3. The molecular formula is C16H16Br2FNO. The third kappa shape index (κ3) is 3.84. The maximum absolute atomic E-state index is 14.4. The van der Waals surface area contributed by atoms with Gasteiger partial charge < -0.3 is 10.1 Å². The summed E-state index contributed by atoms with van der Waals surface area (Å²) in [4.78, 5) is 0. The molecule has 0 heterocycles. The molecule has 0 spiro atoms.